The van der Waals surface area contributed by atoms with Crippen molar-refractivity contribution < 1.29 is 4.79 Å². The van der Waals surface area contributed by atoms with Crippen LogP contribution in [0.25, 0.3) is 0 Å². The maximum atomic E-state index is 11.6. The maximum absolute atomic E-state index is 11.6. The van der Waals surface area contributed by atoms with E-state index in [9.17, 15) is 4.79 Å². The molecule has 1 heterocycles. The standard InChI is InChI=1S/C11H22N2OS.ClH/c1-9-5-6-12-8-10(9)13-11(14)4-3-7-15-2;/h9-10,12H,3-8H2,1-2H3,(H,13,14);1H. The molecule has 1 rings (SSSR count). The molecular weight excluding hydrogens is 244 g/mol. The number of halogens is 1. The van der Waals surface area contributed by atoms with Crippen molar-refractivity contribution >= 4 is 30.1 Å². The van der Waals surface area contributed by atoms with Crippen LogP contribution in [-0.4, -0.2) is 37.0 Å². The van der Waals surface area contributed by atoms with Crippen LogP contribution in [-0.2, 0) is 4.79 Å². The van der Waals surface area contributed by atoms with Crippen molar-refractivity contribution in [1.82, 2.24) is 10.6 Å². The second-order valence-electron chi connectivity index (χ2n) is 4.24. The van der Waals surface area contributed by atoms with Gasteiger partial charge >= 0.3 is 0 Å². The van der Waals surface area contributed by atoms with E-state index >= 15 is 0 Å². The maximum Gasteiger partial charge on any atom is 0.220 e. The van der Waals surface area contributed by atoms with E-state index in [0.29, 0.717) is 18.4 Å². The van der Waals surface area contributed by atoms with Crippen molar-refractivity contribution in [3.8, 4) is 0 Å². The summed E-state index contributed by atoms with van der Waals surface area (Å²) in [7, 11) is 0. The van der Waals surface area contributed by atoms with Gasteiger partial charge in [0.25, 0.3) is 0 Å². The summed E-state index contributed by atoms with van der Waals surface area (Å²) in [5.74, 6) is 1.90. The van der Waals surface area contributed by atoms with Gasteiger partial charge in [-0.15, -0.1) is 12.4 Å². The molecule has 5 heteroatoms. The molecule has 2 unspecified atom stereocenters. The highest BCUT2D eigenvalue weighted by molar-refractivity contribution is 7.98. The van der Waals surface area contributed by atoms with Crippen molar-refractivity contribution in [2.24, 2.45) is 5.92 Å². The molecule has 1 saturated heterocycles. The fraction of sp³-hybridized carbons (Fsp3) is 0.909. The molecule has 1 aliphatic rings. The predicted octanol–water partition coefficient (Wildman–Crippen LogP) is 1.67. The zero-order valence-corrected chi connectivity index (χ0v) is 11.8. The number of rotatable bonds is 5. The van der Waals surface area contributed by atoms with Crippen LogP contribution in [0.4, 0.5) is 0 Å². The third kappa shape index (κ3) is 5.97. The van der Waals surface area contributed by atoms with E-state index in [4.69, 9.17) is 0 Å². The first-order valence-corrected chi connectivity index (χ1v) is 7.12. The third-order valence-electron chi connectivity index (χ3n) is 2.93. The Balaban J connectivity index is 0.00000225. The number of piperidine rings is 1. The molecule has 0 spiro atoms. The van der Waals surface area contributed by atoms with E-state index in [1.165, 1.54) is 0 Å². The van der Waals surface area contributed by atoms with Crippen LogP contribution in [0.1, 0.15) is 26.2 Å². The van der Waals surface area contributed by atoms with E-state index in [-0.39, 0.29) is 18.3 Å². The lowest BCUT2D eigenvalue weighted by molar-refractivity contribution is -0.122. The molecule has 2 N–H and O–H groups in total. The van der Waals surface area contributed by atoms with Gasteiger partial charge in [-0.1, -0.05) is 6.92 Å². The Kier molecular flexibility index (Phi) is 9.18. The molecule has 2 atom stereocenters. The van der Waals surface area contributed by atoms with Crippen LogP contribution in [0.3, 0.4) is 0 Å². The van der Waals surface area contributed by atoms with Crippen LogP contribution in [0.5, 0.6) is 0 Å². The normalized spacial score (nSPS) is 24.6. The van der Waals surface area contributed by atoms with Crippen molar-refractivity contribution in [2.75, 3.05) is 25.1 Å². The first-order chi connectivity index (χ1) is 7.24. The number of hydrogen-bond donors (Lipinski definition) is 2. The highest BCUT2D eigenvalue weighted by atomic mass is 35.5. The summed E-state index contributed by atoms with van der Waals surface area (Å²) in [6.45, 7) is 4.23. The number of carbonyl (C=O) groups excluding carboxylic acids is 1. The van der Waals surface area contributed by atoms with Crippen LogP contribution >= 0.6 is 24.2 Å². The fourth-order valence-corrected chi connectivity index (χ4v) is 2.27. The molecule has 0 aromatic heterocycles. The van der Waals surface area contributed by atoms with Gasteiger partial charge in [0, 0.05) is 19.0 Å². The minimum Gasteiger partial charge on any atom is -0.352 e. The van der Waals surface area contributed by atoms with Gasteiger partial charge in [-0.25, -0.2) is 0 Å². The SMILES string of the molecule is CSCCCC(=O)NC1CNCCC1C.Cl. The fourth-order valence-electron chi connectivity index (χ4n) is 1.84. The predicted molar refractivity (Wildman–Crippen MR) is 73.4 cm³/mol. The Labute approximate surface area is 109 Å². The topological polar surface area (TPSA) is 41.1 Å². The number of thioether (sulfide) groups is 1. The molecule has 1 aliphatic heterocycles. The van der Waals surface area contributed by atoms with Crippen molar-refractivity contribution in [2.45, 2.75) is 32.2 Å². The first kappa shape index (κ1) is 16.1. The average molecular weight is 267 g/mol. The summed E-state index contributed by atoms with van der Waals surface area (Å²) in [5, 5.41) is 6.44. The van der Waals surface area contributed by atoms with Crippen LogP contribution in [0, 0.1) is 5.92 Å². The van der Waals surface area contributed by atoms with E-state index < -0.39 is 0 Å². The third-order valence-corrected chi connectivity index (χ3v) is 3.62. The minimum absolute atomic E-state index is 0. The van der Waals surface area contributed by atoms with Gasteiger partial charge in [0.05, 0.1) is 0 Å². The van der Waals surface area contributed by atoms with Crippen molar-refractivity contribution in [3.63, 3.8) is 0 Å². The monoisotopic (exact) mass is 266 g/mol. The molecule has 0 aliphatic carbocycles. The van der Waals surface area contributed by atoms with Gasteiger partial charge in [-0.3, -0.25) is 4.79 Å². The summed E-state index contributed by atoms with van der Waals surface area (Å²) < 4.78 is 0. The Bertz CT molecular complexity index is 204. The molecule has 0 aromatic rings. The van der Waals surface area contributed by atoms with Gasteiger partial charge in [-0.05, 0) is 37.3 Å². The molecule has 16 heavy (non-hydrogen) atoms. The lowest BCUT2D eigenvalue weighted by atomic mass is 9.95. The van der Waals surface area contributed by atoms with Gasteiger partial charge in [0.2, 0.25) is 5.91 Å². The highest BCUT2D eigenvalue weighted by Crippen LogP contribution is 2.11. The van der Waals surface area contributed by atoms with E-state index in [2.05, 4.69) is 23.8 Å². The quantitative estimate of drug-likeness (QED) is 0.744. The molecular formula is C11H23ClN2OS. The zero-order chi connectivity index (χ0) is 11.1. The summed E-state index contributed by atoms with van der Waals surface area (Å²) >= 11 is 1.80. The van der Waals surface area contributed by atoms with Crippen molar-refractivity contribution in [1.29, 1.82) is 0 Å². The number of nitrogens with one attached hydrogen (secondary N) is 2. The van der Waals surface area contributed by atoms with Gasteiger partial charge in [0.15, 0.2) is 0 Å². The number of hydrogen-bond acceptors (Lipinski definition) is 3. The Morgan fingerprint density at radius 3 is 2.94 bits per heavy atom. The van der Waals surface area contributed by atoms with Crippen LogP contribution in [0.15, 0.2) is 0 Å². The van der Waals surface area contributed by atoms with Crippen LogP contribution in [0.2, 0.25) is 0 Å². The molecule has 1 amide bonds. The molecule has 0 aromatic carbocycles. The Hall–Kier alpha value is 0.0700. The first-order valence-electron chi connectivity index (χ1n) is 5.73. The number of carbonyl (C=O) groups is 1. The van der Waals surface area contributed by atoms with Crippen molar-refractivity contribution in [3.05, 3.63) is 0 Å². The molecule has 0 radical (unpaired) electrons. The lowest BCUT2D eigenvalue weighted by Crippen LogP contribution is -2.50. The molecule has 0 saturated carbocycles. The molecule has 0 bridgehead atoms. The lowest BCUT2D eigenvalue weighted by Gasteiger charge is -2.30. The van der Waals surface area contributed by atoms with Gasteiger partial charge in [-0.2, -0.15) is 11.8 Å². The average Bonchev–Trinajstić information content (AvgIpc) is 2.22. The highest BCUT2D eigenvalue weighted by Gasteiger charge is 2.21. The van der Waals surface area contributed by atoms with E-state index in [1.54, 1.807) is 11.8 Å². The zero-order valence-electron chi connectivity index (χ0n) is 10.1. The smallest absolute Gasteiger partial charge is 0.220 e. The molecule has 3 nitrogen and oxygen atoms in total. The number of amides is 1. The second-order valence-corrected chi connectivity index (χ2v) is 5.23. The van der Waals surface area contributed by atoms with E-state index in [0.717, 1.165) is 31.7 Å². The second kappa shape index (κ2) is 9.14. The van der Waals surface area contributed by atoms with Gasteiger partial charge < -0.3 is 10.6 Å². The molecule has 1 fully saturated rings. The Morgan fingerprint density at radius 2 is 2.31 bits per heavy atom. The van der Waals surface area contributed by atoms with E-state index in [1.807, 2.05) is 0 Å². The van der Waals surface area contributed by atoms with Gasteiger partial charge in [0.1, 0.15) is 0 Å². The summed E-state index contributed by atoms with van der Waals surface area (Å²) in [4.78, 5) is 11.6. The minimum atomic E-state index is 0. The summed E-state index contributed by atoms with van der Waals surface area (Å²) in [5.41, 5.74) is 0. The largest absolute Gasteiger partial charge is 0.352 e. The molecule has 96 valence electrons. The Morgan fingerprint density at radius 1 is 1.56 bits per heavy atom. The summed E-state index contributed by atoms with van der Waals surface area (Å²) in [6.07, 6.45) is 4.90. The van der Waals surface area contributed by atoms with Crippen LogP contribution < -0.4 is 10.6 Å². The summed E-state index contributed by atoms with van der Waals surface area (Å²) in [6, 6.07) is 0.334.